The number of hydrogen-bond acceptors (Lipinski definition) is 5. The summed E-state index contributed by atoms with van der Waals surface area (Å²) in [7, 11) is 3.94. The highest BCUT2D eigenvalue weighted by molar-refractivity contribution is 8.13. The Morgan fingerprint density at radius 3 is 2.20 bits per heavy atom. The van der Waals surface area contributed by atoms with Gasteiger partial charge in [-0.2, -0.15) is 0 Å². The summed E-state index contributed by atoms with van der Waals surface area (Å²) in [5, 5.41) is 2.53. The number of thioether (sulfide) groups is 1. The molecule has 5 nitrogen and oxygen atoms in total. The molecule has 0 radical (unpaired) electrons. The van der Waals surface area contributed by atoms with Gasteiger partial charge in [-0.05, 0) is 6.42 Å². The predicted molar refractivity (Wildman–Crippen MR) is 63.1 cm³/mol. The quantitative estimate of drug-likeness (QED) is 0.548. The molecule has 0 aliphatic carbocycles. The van der Waals surface area contributed by atoms with E-state index in [1.165, 1.54) is 11.8 Å². The number of carbonyl (C=O) groups is 1. The molecule has 0 aromatic rings. The van der Waals surface area contributed by atoms with E-state index in [2.05, 4.69) is 5.32 Å². The van der Waals surface area contributed by atoms with Crippen molar-refractivity contribution in [2.45, 2.75) is 12.5 Å². The highest BCUT2D eigenvalue weighted by Crippen LogP contribution is 2.17. The Morgan fingerprint density at radius 1 is 1.27 bits per heavy atom. The van der Waals surface area contributed by atoms with Gasteiger partial charge in [-0.1, -0.05) is 11.8 Å². The first-order valence-electron chi connectivity index (χ1n) is 4.64. The lowest BCUT2D eigenvalue weighted by atomic mass is 10.6. The topological polar surface area (TPSA) is 56.8 Å². The van der Waals surface area contributed by atoms with Crippen LogP contribution in [0, 0.1) is 0 Å². The van der Waals surface area contributed by atoms with Gasteiger partial charge in [0.2, 0.25) is 0 Å². The third kappa shape index (κ3) is 5.52. The van der Waals surface area contributed by atoms with Crippen LogP contribution in [0.2, 0.25) is 6.04 Å². The van der Waals surface area contributed by atoms with Gasteiger partial charge in [0.05, 0.1) is 0 Å². The molecule has 0 saturated heterocycles. The lowest BCUT2D eigenvalue weighted by Gasteiger charge is -2.23. The highest BCUT2D eigenvalue weighted by atomic mass is 32.2. The van der Waals surface area contributed by atoms with Crippen LogP contribution in [0.5, 0.6) is 0 Å². The van der Waals surface area contributed by atoms with Gasteiger partial charge in [0.15, 0.2) is 0 Å². The summed E-state index contributed by atoms with van der Waals surface area (Å²) in [6.07, 6.45) is 0.833. The summed E-state index contributed by atoms with van der Waals surface area (Å²) in [5.74, 6) is 0.741. The molecule has 0 heterocycles. The van der Waals surface area contributed by atoms with E-state index in [1.54, 1.807) is 28.4 Å². The Balaban J connectivity index is 3.76. The molecular formula is C8H19NO4SSi. The van der Waals surface area contributed by atoms with Crippen molar-refractivity contribution in [2.75, 3.05) is 34.1 Å². The monoisotopic (exact) mass is 253 g/mol. The van der Waals surface area contributed by atoms with Crippen molar-refractivity contribution >= 4 is 25.8 Å². The maximum absolute atomic E-state index is 10.9. The van der Waals surface area contributed by atoms with Crippen LogP contribution in [-0.2, 0) is 13.3 Å². The van der Waals surface area contributed by atoms with Crippen LogP contribution in [0.1, 0.15) is 6.42 Å². The molecule has 0 unspecified atom stereocenters. The molecular weight excluding hydrogens is 234 g/mol. The third-order valence-corrected chi connectivity index (χ3v) is 5.79. The molecule has 1 N–H and O–H groups in total. The first-order valence-corrected chi connectivity index (χ1v) is 7.56. The molecule has 0 aliphatic heterocycles. The molecule has 0 atom stereocenters. The number of rotatable bonds is 7. The van der Waals surface area contributed by atoms with Crippen molar-refractivity contribution in [3.63, 3.8) is 0 Å². The minimum Gasteiger partial charge on any atom is -0.377 e. The molecule has 0 aromatic heterocycles. The van der Waals surface area contributed by atoms with Crippen LogP contribution in [0.15, 0.2) is 0 Å². The van der Waals surface area contributed by atoms with Crippen LogP contribution in [0.25, 0.3) is 0 Å². The van der Waals surface area contributed by atoms with E-state index < -0.39 is 8.80 Å². The smallest absolute Gasteiger partial charge is 0.377 e. The van der Waals surface area contributed by atoms with Gasteiger partial charge in [0.1, 0.15) is 0 Å². The van der Waals surface area contributed by atoms with Crippen LogP contribution < -0.4 is 5.32 Å². The highest BCUT2D eigenvalue weighted by Gasteiger charge is 2.36. The first kappa shape index (κ1) is 14.9. The molecule has 15 heavy (non-hydrogen) atoms. The standard InChI is InChI=1S/C8H19NO4SSi/c1-9-8(10)14-6-5-7-15(11-2,12-3)13-4/h5-7H2,1-4H3,(H,9,10). The van der Waals surface area contributed by atoms with E-state index >= 15 is 0 Å². The van der Waals surface area contributed by atoms with E-state index in [0.29, 0.717) is 0 Å². The van der Waals surface area contributed by atoms with Gasteiger partial charge < -0.3 is 18.6 Å². The molecule has 0 spiro atoms. The van der Waals surface area contributed by atoms with E-state index in [9.17, 15) is 4.79 Å². The second-order valence-corrected chi connectivity index (χ2v) is 6.94. The number of amides is 1. The van der Waals surface area contributed by atoms with Crippen molar-refractivity contribution in [1.29, 1.82) is 0 Å². The molecule has 0 bridgehead atoms. The van der Waals surface area contributed by atoms with Crippen molar-refractivity contribution in [2.24, 2.45) is 0 Å². The summed E-state index contributed by atoms with van der Waals surface area (Å²) in [6, 6.07) is 0.723. The fourth-order valence-corrected chi connectivity index (χ4v) is 3.68. The number of carbonyl (C=O) groups excluding carboxylic acids is 1. The Bertz CT molecular complexity index is 181. The summed E-state index contributed by atoms with van der Waals surface area (Å²) < 4.78 is 15.8. The van der Waals surface area contributed by atoms with Crippen molar-refractivity contribution < 1.29 is 18.1 Å². The zero-order chi connectivity index (χ0) is 11.7. The van der Waals surface area contributed by atoms with Gasteiger partial charge in [0.25, 0.3) is 5.24 Å². The molecule has 0 saturated carbocycles. The van der Waals surface area contributed by atoms with Gasteiger partial charge in [0, 0.05) is 40.2 Å². The van der Waals surface area contributed by atoms with Crippen LogP contribution in [0.3, 0.4) is 0 Å². The summed E-state index contributed by atoms with van der Waals surface area (Å²) >= 11 is 1.25. The third-order valence-electron chi connectivity index (χ3n) is 2.00. The van der Waals surface area contributed by atoms with Crippen LogP contribution in [0.4, 0.5) is 4.79 Å². The van der Waals surface area contributed by atoms with E-state index in [1.807, 2.05) is 0 Å². The number of hydrogen-bond donors (Lipinski definition) is 1. The summed E-state index contributed by atoms with van der Waals surface area (Å²) in [4.78, 5) is 10.9. The van der Waals surface area contributed by atoms with Crippen molar-refractivity contribution in [3.8, 4) is 0 Å². The predicted octanol–water partition coefficient (Wildman–Crippen LogP) is 1.33. The van der Waals surface area contributed by atoms with Gasteiger partial charge in [-0.15, -0.1) is 0 Å². The van der Waals surface area contributed by atoms with Gasteiger partial charge >= 0.3 is 8.80 Å². The Labute approximate surface area is 96.2 Å². The minimum atomic E-state index is -2.44. The maximum atomic E-state index is 10.9. The minimum absolute atomic E-state index is 0.0190. The molecule has 0 rings (SSSR count). The second kappa shape index (κ2) is 8.11. The summed E-state index contributed by atoms with van der Waals surface area (Å²) in [6.45, 7) is 0. The van der Waals surface area contributed by atoms with Crippen LogP contribution in [-0.4, -0.2) is 48.2 Å². The van der Waals surface area contributed by atoms with Crippen molar-refractivity contribution in [3.05, 3.63) is 0 Å². The van der Waals surface area contributed by atoms with Crippen LogP contribution >= 0.6 is 11.8 Å². The second-order valence-electron chi connectivity index (χ2n) is 2.78. The lowest BCUT2D eigenvalue weighted by Crippen LogP contribution is -2.42. The zero-order valence-electron chi connectivity index (χ0n) is 9.66. The zero-order valence-corrected chi connectivity index (χ0v) is 11.5. The molecule has 1 amide bonds. The molecule has 7 heteroatoms. The fourth-order valence-electron chi connectivity index (χ4n) is 1.08. The Hall–Kier alpha value is -0.0831. The van der Waals surface area contributed by atoms with Gasteiger partial charge in [-0.25, -0.2) is 0 Å². The molecule has 0 aliphatic rings. The largest absolute Gasteiger partial charge is 0.500 e. The SMILES string of the molecule is CNC(=O)SCCC[Si](OC)(OC)OC. The Kier molecular flexibility index (Phi) is 8.07. The maximum Gasteiger partial charge on any atom is 0.500 e. The Morgan fingerprint density at radius 2 is 1.80 bits per heavy atom. The molecule has 90 valence electrons. The summed E-state index contributed by atoms with van der Waals surface area (Å²) in [5.41, 5.74) is 0. The molecule has 0 aromatic carbocycles. The first-order chi connectivity index (χ1) is 7.14. The normalized spacial score (nSPS) is 11.5. The van der Waals surface area contributed by atoms with E-state index in [0.717, 1.165) is 18.2 Å². The molecule has 0 fully saturated rings. The average molecular weight is 253 g/mol. The van der Waals surface area contributed by atoms with Gasteiger partial charge in [-0.3, -0.25) is 4.79 Å². The fraction of sp³-hybridized carbons (Fsp3) is 0.875. The van der Waals surface area contributed by atoms with E-state index in [4.69, 9.17) is 13.3 Å². The van der Waals surface area contributed by atoms with E-state index in [-0.39, 0.29) is 5.24 Å². The number of nitrogens with one attached hydrogen (secondary N) is 1. The van der Waals surface area contributed by atoms with Crippen molar-refractivity contribution in [1.82, 2.24) is 5.32 Å². The average Bonchev–Trinajstić information content (AvgIpc) is 2.30. The lowest BCUT2D eigenvalue weighted by molar-refractivity contribution is 0.123.